The zero-order chi connectivity index (χ0) is 14.7. The quantitative estimate of drug-likeness (QED) is 0.573. The summed E-state index contributed by atoms with van der Waals surface area (Å²) in [4.78, 5) is 0. The van der Waals surface area contributed by atoms with Crippen LogP contribution >= 0.6 is 0 Å². The molecule has 0 aromatic heterocycles. The van der Waals surface area contributed by atoms with Crippen LogP contribution in [0.3, 0.4) is 0 Å². The van der Waals surface area contributed by atoms with Crippen molar-refractivity contribution in [3.05, 3.63) is 59.7 Å². The molecule has 1 unspecified atom stereocenters. The van der Waals surface area contributed by atoms with Crippen LogP contribution in [0.1, 0.15) is 63.0 Å². The maximum atomic E-state index is 2.35. The Hall–Kier alpha value is -1.56. The molecule has 0 bridgehead atoms. The largest absolute Gasteiger partial charge is 0.0654 e. The molecule has 110 valence electrons. The lowest BCUT2D eigenvalue weighted by Gasteiger charge is -2.21. The van der Waals surface area contributed by atoms with Crippen LogP contribution in [0, 0.1) is 5.92 Å². The molecule has 0 N–H and O–H groups in total. The van der Waals surface area contributed by atoms with Crippen molar-refractivity contribution in [3.8, 4) is 11.1 Å². The van der Waals surface area contributed by atoms with Crippen LogP contribution in [0.15, 0.2) is 48.5 Å². The molecule has 0 saturated heterocycles. The summed E-state index contributed by atoms with van der Waals surface area (Å²) in [5.74, 6) is 1.47. The van der Waals surface area contributed by atoms with Gasteiger partial charge in [-0.15, -0.1) is 0 Å². The highest BCUT2D eigenvalue weighted by molar-refractivity contribution is 5.78. The molecule has 0 heteroatoms. The van der Waals surface area contributed by atoms with Crippen LogP contribution in [0.25, 0.3) is 11.1 Å². The fraction of sp³-hybridized carbons (Fsp3) is 0.429. The Bertz CT molecular complexity index is 551. The van der Waals surface area contributed by atoms with Crippen molar-refractivity contribution in [2.75, 3.05) is 0 Å². The first-order valence-corrected chi connectivity index (χ1v) is 8.53. The summed E-state index contributed by atoms with van der Waals surface area (Å²) in [5, 5.41) is 0. The summed E-state index contributed by atoms with van der Waals surface area (Å²) in [6, 6.07) is 18.0. The van der Waals surface area contributed by atoms with Crippen LogP contribution in [-0.2, 0) is 0 Å². The van der Waals surface area contributed by atoms with Crippen molar-refractivity contribution in [1.29, 1.82) is 0 Å². The van der Waals surface area contributed by atoms with E-state index in [2.05, 4.69) is 62.4 Å². The van der Waals surface area contributed by atoms with Crippen LogP contribution < -0.4 is 0 Å². The Morgan fingerprint density at radius 2 is 1.43 bits per heavy atom. The van der Waals surface area contributed by atoms with Gasteiger partial charge in [-0.3, -0.25) is 0 Å². The molecule has 0 saturated carbocycles. The fourth-order valence-electron chi connectivity index (χ4n) is 3.83. The smallest absolute Gasteiger partial charge is 0.0104 e. The predicted octanol–water partition coefficient (Wildman–Crippen LogP) is 6.41. The van der Waals surface area contributed by atoms with Gasteiger partial charge in [0.2, 0.25) is 0 Å². The first-order valence-electron chi connectivity index (χ1n) is 8.53. The molecule has 0 amide bonds. The highest BCUT2D eigenvalue weighted by atomic mass is 14.3. The molecule has 1 aliphatic rings. The van der Waals surface area contributed by atoms with Gasteiger partial charge in [-0.1, -0.05) is 88.1 Å². The summed E-state index contributed by atoms with van der Waals surface area (Å²) in [6.07, 6.45) is 6.68. The number of hydrogen-bond acceptors (Lipinski definition) is 0. The third-order valence-electron chi connectivity index (χ3n) is 5.07. The van der Waals surface area contributed by atoms with Crippen molar-refractivity contribution in [1.82, 2.24) is 0 Å². The third-order valence-corrected chi connectivity index (χ3v) is 5.07. The van der Waals surface area contributed by atoms with Gasteiger partial charge in [0.05, 0.1) is 0 Å². The van der Waals surface area contributed by atoms with Gasteiger partial charge < -0.3 is 0 Å². The zero-order valence-corrected chi connectivity index (χ0v) is 13.3. The molecule has 2 aromatic carbocycles. The molecule has 0 radical (unpaired) electrons. The molecular formula is C21H26. The lowest BCUT2D eigenvalue weighted by atomic mass is 9.84. The molecule has 0 spiro atoms. The highest BCUT2D eigenvalue weighted by Crippen LogP contribution is 2.47. The number of rotatable bonds is 6. The van der Waals surface area contributed by atoms with Crippen molar-refractivity contribution < 1.29 is 0 Å². The van der Waals surface area contributed by atoms with Crippen molar-refractivity contribution in [3.63, 3.8) is 0 Å². The summed E-state index contributed by atoms with van der Waals surface area (Å²) < 4.78 is 0. The standard InChI is InChI=1S/C21H26/c1-3-5-10-16(4-2)15-21-19-13-8-6-11-17(19)18-12-7-9-14-20(18)21/h6-9,11-14,16,21H,3-5,10,15H2,1-2H3. The van der Waals surface area contributed by atoms with E-state index in [-0.39, 0.29) is 0 Å². The third kappa shape index (κ3) is 2.77. The van der Waals surface area contributed by atoms with E-state index in [1.807, 2.05) is 0 Å². The maximum Gasteiger partial charge on any atom is 0.0104 e. The molecule has 1 aliphatic carbocycles. The molecule has 0 heterocycles. The first kappa shape index (κ1) is 14.4. The van der Waals surface area contributed by atoms with E-state index < -0.39 is 0 Å². The van der Waals surface area contributed by atoms with Gasteiger partial charge in [-0.05, 0) is 34.6 Å². The molecule has 0 fully saturated rings. The lowest BCUT2D eigenvalue weighted by molar-refractivity contribution is 0.404. The van der Waals surface area contributed by atoms with Crippen molar-refractivity contribution in [2.45, 2.75) is 51.9 Å². The van der Waals surface area contributed by atoms with E-state index in [1.165, 1.54) is 43.2 Å². The van der Waals surface area contributed by atoms with E-state index in [0.29, 0.717) is 5.92 Å². The predicted molar refractivity (Wildman–Crippen MR) is 91.6 cm³/mol. The average molecular weight is 278 g/mol. The van der Waals surface area contributed by atoms with Crippen LogP contribution in [0.4, 0.5) is 0 Å². The van der Waals surface area contributed by atoms with Gasteiger partial charge in [-0.2, -0.15) is 0 Å². The summed E-state index contributed by atoms with van der Waals surface area (Å²) in [5.41, 5.74) is 6.02. The Balaban J connectivity index is 1.91. The number of unbranched alkanes of at least 4 members (excludes halogenated alkanes) is 1. The molecule has 3 rings (SSSR count). The molecule has 21 heavy (non-hydrogen) atoms. The van der Waals surface area contributed by atoms with Gasteiger partial charge >= 0.3 is 0 Å². The second-order valence-corrected chi connectivity index (χ2v) is 6.38. The Labute approximate surface area is 129 Å². The van der Waals surface area contributed by atoms with E-state index in [1.54, 1.807) is 11.1 Å². The van der Waals surface area contributed by atoms with Crippen molar-refractivity contribution in [2.24, 2.45) is 5.92 Å². The van der Waals surface area contributed by atoms with E-state index in [0.717, 1.165) is 5.92 Å². The maximum absolute atomic E-state index is 2.35. The van der Waals surface area contributed by atoms with Gasteiger partial charge in [0.25, 0.3) is 0 Å². The van der Waals surface area contributed by atoms with E-state index in [9.17, 15) is 0 Å². The van der Waals surface area contributed by atoms with Gasteiger partial charge in [0.15, 0.2) is 0 Å². The Kier molecular flexibility index (Phi) is 4.43. The van der Waals surface area contributed by atoms with Crippen LogP contribution in [-0.4, -0.2) is 0 Å². The SMILES string of the molecule is CCCCC(CC)CC1c2ccccc2-c2ccccc21. The normalized spacial score (nSPS) is 14.8. The summed E-state index contributed by atoms with van der Waals surface area (Å²) in [7, 11) is 0. The van der Waals surface area contributed by atoms with Crippen LogP contribution in [0.5, 0.6) is 0 Å². The number of hydrogen-bond donors (Lipinski definition) is 0. The second-order valence-electron chi connectivity index (χ2n) is 6.38. The number of benzene rings is 2. The van der Waals surface area contributed by atoms with Gasteiger partial charge in [-0.25, -0.2) is 0 Å². The first-order chi connectivity index (χ1) is 10.3. The van der Waals surface area contributed by atoms with Crippen molar-refractivity contribution >= 4 is 0 Å². The van der Waals surface area contributed by atoms with E-state index in [4.69, 9.17) is 0 Å². The minimum atomic E-state index is 0.610. The topological polar surface area (TPSA) is 0 Å². The monoisotopic (exact) mass is 278 g/mol. The van der Waals surface area contributed by atoms with Gasteiger partial charge in [0.1, 0.15) is 0 Å². The number of fused-ring (bicyclic) bond motifs is 3. The second kappa shape index (κ2) is 6.47. The van der Waals surface area contributed by atoms with E-state index >= 15 is 0 Å². The minimum absolute atomic E-state index is 0.610. The average Bonchev–Trinajstić information content (AvgIpc) is 2.86. The van der Waals surface area contributed by atoms with Gasteiger partial charge in [0, 0.05) is 5.92 Å². The molecule has 0 nitrogen and oxygen atoms in total. The molecular weight excluding hydrogens is 252 g/mol. The highest BCUT2D eigenvalue weighted by Gasteiger charge is 2.29. The minimum Gasteiger partial charge on any atom is -0.0654 e. The Morgan fingerprint density at radius 3 is 1.95 bits per heavy atom. The molecule has 1 atom stereocenters. The Morgan fingerprint density at radius 1 is 0.857 bits per heavy atom. The zero-order valence-electron chi connectivity index (χ0n) is 13.3. The van der Waals surface area contributed by atoms with Crippen LogP contribution in [0.2, 0.25) is 0 Å². The summed E-state index contributed by atoms with van der Waals surface area (Å²) >= 11 is 0. The fourth-order valence-corrected chi connectivity index (χ4v) is 3.83. The molecule has 2 aromatic rings. The lowest BCUT2D eigenvalue weighted by Crippen LogP contribution is -2.06. The summed E-state index contributed by atoms with van der Waals surface area (Å²) in [6.45, 7) is 4.65. The molecule has 0 aliphatic heterocycles.